The van der Waals surface area contributed by atoms with E-state index in [9.17, 15) is 8.78 Å². The molecule has 2 saturated carbocycles. The zero-order valence-corrected chi connectivity index (χ0v) is 12.5. The van der Waals surface area contributed by atoms with Crippen LogP contribution in [0.3, 0.4) is 0 Å². The van der Waals surface area contributed by atoms with Gasteiger partial charge in [0.15, 0.2) is 0 Å². The Morgan fingerprint density at radius 3 is 2.76 bits per heavy atom. The van der Waals surface area contributed by atoms with Gasteiger partial charge >= 0.3 is 0 Å². The Morgan fingerprint density at radius 1 is 1.29 bits per heavy atom. The van der Waals surface area contributed by atoms with Crippen molar-refractivity contribution in [2.75, 3.05) is 6.61 Å². The first-order valence-corrected chi connectivity index (χ1v) is 7.94. The highest BCUT2D eigenvalue weighted by Gasteiger charge is 2.56. The Hall–Kier alpha value is -1.00. The summed E-state index contributed by atoms with van der Waals surface area (Å²) in [7, 11) is 0. The van der Waals surface area contributed by atoms with Crippen LogP contribution in [0.2, 0.25) is 0 Å². The Kier molecular flexibility index (Phi) is 4.27. The molecule has 1 aromatic rings. The molecule has 3 rings (SSSR count). The summed E-state index contributed by atoms with van der Waals surface area (Å²) in [5, 5.41) is 3.44. The number of hydrogen-bond acceptors (Lipinski definition) is 2. The molecule has 116 valence electrons. The summed E-state index contributed by atoms with van der Waals surface area (Å²) in [6.07, 6.45) is 6.17. The maximum atomic E-state index is 13.7. The molecule has 1 N–H and O–H groups in total. The highest BCUT2D eigenvalue weighted by atomic mass is 19.1. The molecule has 4 heteroatoms. The van der Waals surface area contributed by atoms with Gasteiger partial charge in [0.25, 0.3) is 0 Å². The normalized spacial score (nSPS) is 27.0. The molecular formula is C17H23F2NO. The van der Waals surface area contributed by atoms with Gasteiger partial charge in [-0.2, -0.15) is 0 Å². The summed E-state index contributed by atoms with van der Waals surface area (Å²) < 4.78 is 32.8. The summed E-state index contributed by atoms with van der Waals surface area (Å²) in [6, 6.07) is 3.99. The van der Waals surface area contributed by atoms with Crippen LogP contribution in [0.1, 0.15) is 44.6 Å². The molecule has 2 atom stereocenters. The molecule has 1 aromatic carbocycles. The van der Waals surface area contributed by atoms with Crippen molar-refractivity contribution in [3.05, 3.63) is 35.4 Å². The largest absolute Gasteiger partial charge is 0.378 e. The second-order valence-electron chi connectivity index (χ2n) is 6.29. The third-order valence-corrected chi connectivity index (χ3v) is 5.23. The van der Waals surface area contributed by atoms with Gasteiger partial charge in [-0.05, 0) is 44.4 Å². The highest BCUT2D eigenvalue weighted by molar-refractivity contribution is 5.19. The number of rotatable bonds is 5. The van der Waals surface area contributed by atoms with E-state index in [0.717, 1.165) is 19.1 Å². The number of hydrogen-bond donors (Lipinski definition) is 1. The molecule has 0 heterocycles. The van der Waals surface area contributed by atoms with Crippen LogP contribution in [-0.4, -0.2) is 18.8 Å². The SMILES string of the molecule is CCOC1CC(NCc2cc(F)ccc2F)C12CCCC2. The van der Waals surface area contributed by atoms with Crippen molar-refractivity contribution < 1.29 is 13.5 Å². The van der Waals surface area contributed by atoms with Gasteiger partial charge in [0.2, 0.25) is 0 Å². The Morgan fingerprint density at radius 2 is 2.05 bits per heavy atom. The molecule has 2 fully saturated rings. The van der Waals surface area contributed by atoms with Crippen molar-refractivity contribution in [2.24, 2.45) is 5.41 Å². The zero-order valence-electron chi connectivity index (χ0n) is 12.5. The minimum absolute atomic E-state index is 0.222. The number of benzene rings is 1. The topological polar surface area (TPSA) is 21.3 Å². The molecule has 21 heavy (non-hydrogen) atoms. The van der Waals surface area contributed by atoms with E-state index in [-0.39, 0.29) is 17.0 Å². The Labute approximate surface area is 124 Å². The highest BCUT2D eigenvalue weighted by Crippen LogP contribution is 2.54. The standard InChI is InChI=1S/C17H23F2NO/c1-2-21-16-10-15(17(16)7-3-4-8-17)20-11-12-9-13(18)5-6-14(12)19/h5-6,9,15-16,20H,2-4,7-8,10-11H2,1H3. The lowest BCUT2D eigenvalue weighted by atomic mass is 9.60. The second kappa shape index (κ2) is 6.01. The lowest BCUT2D eigenvalue weighted by molar-refractivity contribution is -0.130. The lowest BCUT2D eigenvalue weighted by Gasteiger charge is -2.54. The van der Waals surface area contributed by atoms with Gasteiger partial charge in [0.1, 0.15) is 11.6 Å². The van der Waals surface area contributed by atoms with E-state index < -0.39 is 0 Å². The third-order valence-electron chi connectivity index (χ3n) is 5.23. The average molecular weight is 295 g/mol. The molecule has 0 aliphatic heterocycles. The molecule has 2 aliphatic carbocycles. The summed E-state index contributed by atoms with van der Waals surface area (Å²) >= 11 is 0. The molecule has 0 bridgehead atoms. The molecule has 2 unspecified atom stereocenters. The summed E-state index contributed by atoms with van der Waals surface area (Å²) in [5.41, 5.74) is 0.628. The molecule has 0 aromatic heterocycles. The quantitative estimate of drug-likeness (QED) is 0.892. The molecule has 0 radical (unpaired) electrons. The van der Waals surface area contributed by atoms with Gasteiger partial charge in [0, 0.05) is 30.2 Å². The van der Waals surface area contributed by atoms with E-state index in [2.05, 4.69) is 5.32 Å². The lowest BCUT2D eigenvalue weighted by Crippen LogP contribution is -2.62. The first-order chi connectivity index (χ1) is 10.2. The van der Waals surface area contributed by atoms with Crippen LogP contribution in [0.15, 0.2) is 18.2 Å². The van der Waals surface area contributed by atoms with Crippen molar-refractivity contribution in [2.45, 2.75) is 57.7 Å². The number of halogens is 2. The van der Waals surface area contributed by atoms with Crippen molar-refractivity contribution >= 4 is 0 Å². The molecular weight excluding hydrogens is 272 g/mol. The second-order valence-corrected chi connectivity index (χ2v) is 6.29. The van der Waals surface area contributed by atoms with Crippen LogP contribution in [0, 0.1) is 17.0 Å². The van der Waals surface area contributed by atoms with E-state index in [1.807, 2.05) is 6.92 Å². The summed E-state index contributed by atoms with van der Waals surface area (Å²) in [5.74, 6) is -0.727. The first kappa shape index (κ1) is 14.9. The molecule has 2 nitrogen and oxygen atoms in total. The fourth-order valence-electron chi connectivity index (χ4n) is 4.08. The maximum absolute atomic E-state index is 13.7. The minimum atomic E-state index is -0.385. The zero-order chi connectivity index (χ0) is 14.9. The summed E-state index contributed by atoms with van der Waals surface area (Å²) in [6.45, 7) is 3.16. The van der Waals surface area contributed by atoms with Gasteiger partial charge in [-0.15, -0.1) is 0 Å². The molecule has 0 amide bonds. The van der Waals surface area contributed by atoms with Crippen molar-refractivity contribution in [1.29, 1.82) is 0 Å². The fraction of sp³-hybridized carbons (Fsp3) is 0.647. The third kappa shape index (κ3) is 2.71. The van der Waals surface area contributed by atoms with Gasteiger partial charge in [-0.3, -0.25) is 0 Å². The van der Waals surface area contributed by atoms with E-state index >= 15 is 0 Å². The van der Waals surface area contributed by atoms with Crippen LogP contribution in [0.5, 0.6) is 0 Å². The van der Waals surface area contributed by atoms with Crippen LogP contribution < -0.4 is 5.32 Å². The van der Waals surface area contributed by atoms with Crippen molar-refractivity contribution in [3.8, 4) is 0 Å². The van der Waals surface area contributed by atoms with E-state index in [1.54, 1.807) is 0 Å². The van der Waals surface area contributed by atoms with Crippen LogP contribution >= 0.6 is 0 Å². The smallest absolute Gasteiger partial charge is 0.127 e. The maximum Gasteiger partial charge on any atom is 0.127 e. The van der Waals surface area contributed by atoms with E-state index in [0.29, 0.717) is 24.3 Å². The van der Waals surface area contributed by atoms with Crippen LogP contribution in [-0.2, 0) is 11.3 Å². The van der Waals surface area contributed by atoms with Gasteiger partial charge in [-0.1, -0.05) is 12.8 Å². The predicted octanol–water partition coefficient (Wildman–Crippen LogP) is 3.79. The van der Waals surface area contributed by atoms with Gasteiger partial charge in [-0.25, -0.2) is 8.78 Å². The monoisotopic (exact) mass is 295 g/mol. The Balaban J connectivity index is 1.64. The predicted molar refractivity (Wildman–Crippen MR) is 77.9 cm³/mol. The number of nitrogens with one attached hydrogen (secondary N) is 1. The van der Waals surface area contributed by atoms with Gasteiger partial charge < -0.3 is 10.1 Å². The van der Waals surface area contributed by atoms with Crippen LogP contribution in [0.25, 0.3) is 0 Å². The fourth-order valence-corrected chi connectivity index (χ4v) is 4.08. The Bertz CT molecular complexity index is 500. The van der Waals surface area contributed by atoms with Gasteiger partial charge in [0.05, 0.1) is 6.10 Å². The minimum Gasteiger partial charge on any atom is -0.378 e. The van der Waals surface area contributed by atoms with E-state index in [1.165, 1.54) is 37.8 Å². The molecule has 2 aliphatic rings. The average Bonchev–Trinajstić information content (AvgIpc) is 2.98. The van der Waals surface area contributed by atoms with Crippen molar-refractivity contribution in [3.63, 3.8) is 0 Å². The van der Waals surface area contributed by atoms with E-state index in [4.69, 9.17) is 4.74 Å². The summed E-state index contributed by atoms with van der Waals surface area (Å²) in [4.78, 5) is 0. The number of ether oxygens (including phenoxy) is 1. The molecule has 0 saturated heterocycles. The first-order valence-electron chi connectivity index (χ1n) is 7.94. The van der Waals surface area contributed by atoms with Crippen LogP contribution in [0.4, 0.5) is 8.78 Å². The van der Waals surface area contributed by atoms with Crippen molar-refractivity contribution in [1.82, 2.24) is 5.32 Å². The molecule has 1 spiro atoms.